The number of aromatic nitrogens is 2. The van der Waals surface area contributed by atoms with Gasteiger partial charge in [-0.2, -0.15) is 0 Å². The first-order chi connectivity index (χ1) is 16.0. The predicted molar refractivity (Wildman–Crippen MR) is 121 cm³/mol. The second-order valence-electron chi connectivity index (χ2n) is 8.17. The molecule has 0 unspecified atom stereocenters. The fourth-order valence-corrected chi connectivity index (χ4v) is 4.72. The first-order valence-electron chi connectivity index (χ1n) is 10.9. The van der Waals surface area contributed by atoms with Gasteiger partial charge < -0.3 is 14.3 Å². The van der Waals surface area contributed by atoms with E-state index < -0.39 is 17.6 Å². The minimum atomic E-state index is -0.621. The first kappa shape index (κ1) is 21.1. The fourth-order valence-electron chi connectivity index (χ4n) is 4.72. The second-order valence-corrected chi connectivity index (χ2v) is 8.17. The maximum Gasteiger partial charge on any atom is 0.355 e. The van der Waals surface area contributed by atoms with Crippen LogP contribution in [0.2, 0.25) is 0 Å². The van der Waals surface area contributed by atoms with E-state index in [4.69, 9.17) is 4.74 Å². The van der Waals surface area contributed by atoms with Crippen molar-refractivity contribution in [3.8, 4) is 11.1 Å². The van der Waals surface area contributed by atoms with Crippen LogP contribution in [0.4, 0.5) is 8.78 Å². The van der Waals surface area contributed by atoms with Gasteiger partial charge in [0.05, 0.1) is 13.2 Å². The summed E-state index contributed by atoms with van der Waals surface area (Å²) in [6.07, 6.45) is 4.36. The molecule has 0 amide bonds. The normalized spacial score (nSPS) is 12.8. The molecule has 1 N–H and O–H groups in total. The molecule has 5 rings (SSSR count). The van der Waals surface area contributed by atoms with Gasteiger partial charge in [0.25, 0.3) is 5.56 Å². The Balaban J connectivity index is 1.87. The number of aromatic amines is 1. The highest BCUT2D eigenvalue weighted by Gasteiger charge is 2.28. The van der Waals surface area contributed by atoms with E-state index >= 15 is 0 Å². The van der Waals surface area contributed by atoms with Crippen LogP contribution in [-0.4, -0.2) is 22.1 Å². The zero-order valence-electron chi connectivity index (χ0n) is 18.1. The van der Waals surface area contributed by atoms with Crippen LogP contribution in [0.5, 0.6) is 0 Å². The summed E-state index contributed by atoms with van der Waals surface area (Å²) < 4.78 is 35.5. The summed E-state index contributed by atoms with van der Waals surface area (Å²) in [5.74, 6) is -1.77. The lowest BCUT2D eigenvalue weighted by Gasteiger charge is -2.13. The lowest BCUT2D eigenvalue weighted by molar-refractivity contribution is 0.0516. The maximum atomic E-state index is 14.6. The van der Waals surface area contributed by atoms with Gasteiger partial charge in [-0.15, -0.1) is 0 Å². The number of benzene rings is 2. The van der Waals surface area contributed by atoms with Crippen LogP contribution in [0.25, 0.3) is 22.0 Å². The molecule has 5 nitrogen and oxygen atoms in total. The van der Waals surface area contributed by atoms with E-state index in [1.165, 1.54) is 11.8 Å². The van der Waals surface area contributed by atoms with E-state index in [-0.39, 0.29) is 30.0 Å². The monoisotopic (exact) mass is 448 g/mol. The average molecular weight is 448 g/mol. The summed E-state index contributed by atoms with van der Waals surface area (Å²) >= 11 is 0. The second kappa shape index (κ2) is 8.31. The first-order valence-corrected chi connectivity index (χ1v) is 10.9. The van der Waals surface area contributed by atoms with Crippen molar-refractivity contribution in [2.24, 2.45) is 0 Å². The number of halogens is 2. The van der Waals surface area contributed by atoms with Crippen molar-refractivity contribution in [1.82, 2.24) is 9.55 Å². The Morgan fingerprint density at radius 1 is 1.12 bits per heavy atom. The number of esters is 1. The standard InChI is InChI=1S/C26H22F2N2O3/c1-2-33-26(32)24-23(19-7-4-10-29-25(19)31)20-12-15-5-3-6-16(15)13-22(20)30(24)14-17-11-18(27)8-9-21(17)28/h4,7-13H,2-3,5-6,14H2,1H3,(H,29,31). The third kappa shape index (κ3) is 3.63. The van der Waals surface area contributed by atoms with Crippen LogP contribution >= 0.6 is 0 Å². The van der Waals surface area contributed by atoms with Crippen molar-refractivity contribution in [2.45, 2.75) is 32.7 Å². The molecule has 0 atom stereocenters. The number of carbonyl (C=O) groups is 1. The summed E-state index contributed by atoms with van der Waals surface area (Å²) in [7, 11) is 0. The van der Waals surface area contributed by atoms with E-state index in [0.29, 0.717) is 22.0 Å². The number of ether oxygens (including phenoxy) is 1. The Kier molecular flexibility index (Phi) is 5.32. The number of nitrogens with one attached hydrogen (secondary N) is 1. The minimum Gasteiger partial charge on any atom is -0.461 e. The highest BCUT2D eigenvalue weighted by molar-refractivity contribution is 6.09. The molecule has 0 fully saturated rings. The van der Waals surface area contributed by atoms with Gasteiger partial charge in [0.1, 0.15) is 17.3 Å². The number of nitrogens with zero attached hydrogens (tertiary/aromatic N) is 1. The molecule has 1 aliphatic rings. The Bertz CT molecular complexity index is 1450. The van der Waals surface area contributed by atoms with Gasteiger partial charge in [-0.3, -0.25) is 4.79 Å². The third-order valence-electron chi connectivity index (χ3n) is 6.17. The Morgan fingerprint density at radius 3 is 2.67 bits per heavy atom. The van der Waals surface area contributed by atoms with Gasteiger partial charge in [0.15, 0.2) is 0 Å². The van der Waals surface area contributed by atoms with Crippen molar-refractivity contribution in [1.29, 1.82) is 0 Å². The van der Waals surface area contributed by atoms with Crippen LogP contribution in [0.1, 0.15) is 40.5 Å². The van der Waals surface area contributed by atoms with Crippen LogP contribution in [-0.2, 0) is 24.1 Å². The molecule has 4 aromatic rings. The molecule has 0 saturated carbocycles. The molecule has 7 heteroatoms. The predicted octanol–water partition coefficient (Wildman–Crippen LogP) is 4.99. The largest absolute Gasteiger partial charge is 0.461 e. The summed E-state index contributed by atoms with van der Waals surface area (Å²) in [5.41, 5.74) is 3.67. The van der Waals surface area contributed by atoms with Crippen molar-refractivity contribution in [3.63, 3.8) is 0 Å². The van der Waals surface area contributed by atoms with Crippen molar-refractivity contribution in [3.05, 3.63) is 93.0 Å². The number of H-pyrrole nitrogens is 1. The van der Waals surface area contributed by atoms with Gasteiger partial charge >= 0.3 is 5.97 Å². The SMILES string of the molecule is CCOC(=O)c1c(-c2ccc[nH]c2=O)c2cc3c(cc2n1Cc1cc(F)ccc1F)CCC3. The minimum absolute atomic E-state index is 0.0855. The zero-order chi connectivity index (χ0) is 23.1. The summed E-state index contributed by atoms with van der Waals surface area (Å²) in [5, 5.41) is 0.715. The quantitative estimate of drug-likeness (QED) is 0.438. The number of fused-ring (bicyclic) bond motifs is 2. The number of hydrogen-bond donors (Lipinski definition) is 1. The smallest absolute Gasteiger partial charge is 0.355 e. The summed E-state index contributed by atoms with van der Waals surface area (Å²) in [6.45, 7) is 1.74. The van der Waals surface area contributed by atoms with E-state index in [1.54, 1.807) is 23.6 Å². The molecule has 0 radical (unpaired) electrons. The van der Waals surface area contributed by atoms with Gasteiger partial charge in [-0.25, -0.2) is 13.6 Å². The molecular weight excluding hydrogens is 426 g/mol. The summed E-state index contributed by atoms with van der Waals surface area (Å²) in [4.78, 5) is 28.6. The van der Waals surface area contributed by atoms with E-state index in [2.05, 4.69) is 4.98 Å². The molecule has 0 saturated heterocycles. The lowest BCUT2D eigenvalue weighted by atomic mass is 10.00. The van der Waals surface area contributed by atoms with Crippen molar-refractivity contribution in [2.75, 3.05) is 6.61 Å². The molecule has 168 valence electrons. The van der Waals surface area contributed by atoms with E-state index in [1.807, 2.05) is 12.1 Å². The molecule has 33 heavy (non-hydrogen) atoms. The highest BCUT2D eigenvalue weighted by atomic mass is 19.1. The molecule has 0 spiro atoms. The fraction of sp³-hybridized carbons (Fsp3) is 0.231. The molecule has 0 bridgehead atoms. The Labute approximate surface area is 188 Å². The molecule has 2 aromatic carbocycles. The number of carbonyl (C=O) groups excluding carboxylic acids is 1. The molecule has 0 aliphatic heterocycles. The third-order valence-corrected chi connectivity index (χ3v) is 6.17. The zero-order valence-corrected chi connectivity index (χ0v) is 18.1. The van der Waals surface area contributed by atoms with Crippen molar-refractivity contribution < 1.29 is 18.3 Å². The topological polar surface area (TPSA) is 64.1 Å². The highest BCUT2D eigenvalue weighted by Crippen LogP contribution is 2.38. The Hall–Kier alpha value is -3.74. The molecule has 2 aromatic heterocycles. The lowest BCUT2D eigenvalue weighted by Crippen LogP contribution is -2.16. The van der Waals surface area contributed by atoms with Crippen molar-refractivity contribution >= 4 is 16.9 Å². The van der Waals surface area contributed by atoms with E-state index in [0.717, 1.165) is 43.0 Å². The number of rotatable bonds is 5. The molecule has 1 aliphatic carbocycles. The van der Waals surface area contributed by atoms with Gasteiger partial charge in [-0.05, 0) is 79.8 Å². The van der Waals surface area contributed by atoms with Gasteiger partial charge in [0, 0.05) is 33.8 Å². The number of aryl methyl sites for hydroxylation is 2. The number of hydrogen-bond acceptors (Lipinski definition) is 3. The maximum absolute atomic E-state index is 14.6. The van der Waals surface area contributed by atoms with Crippen LogP contribution in [0, 0.1) is 11.6 Å². The number of pyridine rings is 1. The van der Waals surface area contributed by atoms with E-state index in [9.17, 15) is 18.4 Å². The van der Waals surface area contributed by atoms with Crippen LogP contribution in [0.3, 0.4) is 0 Å². The Morgan fingerprint density at radius 2 is 1.91 bits per heavy atom. The van der Waals surface area contributed by atoms with Crippen LogP contribution in [0.15, 0.2) is 53.5 Å². The molecular formula is C26H22F2N2O3. The van der Waals surface area contributed by atoms with Crippen LogP contribution < -0.4 is 5.56 Å². The van der Waals surface area contributed by atoms with Gasteiger partial charge in [-0.1, -0.05) is 0 Å². The van der Waals surface area contributed by atoms with Gasteiger partial charge in [0.2, 0.25) is 0 Å². The molecule has 2 heterocycles. The average Bonchev–Trinajstić information content (AvgIpc) is 3.37. The summed E-state index contributed by atoms with van der Waals surface area (Å²) in [6, 6.07) is 10.6.